The number of aromatic nitrogens is 3. The standard InChI is InChI=1S/C20H21FN4O2/c1-13-7-8-14(11-16(13)21)22-18(26)12-24-9-10-25-19(20(24)27)15-5-3-2-4-6-17(15)23-25/h7-11H,2-6,12H2,1H3,(H,22,26). The molecule has 2 heterocycles. The van der Waals surface area contributed by atoms with E-state index in [9.17, 15) is 14.0 Å². The lowest BCUT2D eigenvalue weighted by atomic mass is 10.1. The summed E-state index contributed by atoms with van der Waals surface area (Å²) in [5.74, 6) is -0.761. The zero-order valence-electron chi connectivity index (χ0n) is 15.2. The molecule has 0 unspecified atom stereocenters. The van der Waals surface area contributed by atoms with E-state index in [4.69, 9.17) is 0 Å². The second-order valence-corrected chi connectivity index (χ2v) is 7.02. The van der Waals surface area contributed by atoms with Crippen molar-refractivity contribution in [2.24, 2.45) is 0 Å². The monoisotopic (exact) mass is 368 g/mol. The molecule has 1 aliphatic carbocycles. The van der Waals surface area contributed by atoms with Crippen molar-refractivity contribution >= 4 is 17.1 Å². The smallest absolute Gasteiger partial charge is 0.277 e. The van der Waals surface area contributed by atoms with Crippen LogP contribution in [0.1, 0.15) is 36.1 Å². The summed E-state index contributed by atoms with van der Waals surface area (Å²) in [5, 5.41) is 7.18. The Morgan fingerprint density at radius 3 is 2.85 bits per heavy atom. The first-order chi connectivity index (χ1) is 13.0. The van der Waals surface area contributed by atoms with Gasteiger partial charge in [0.25, 0.3) is 5.56 Å². The van der Waals surface area contributed by atoms with Crippen molar-refractivity contribution in [2.45, 2.75) is 45.6 Å². The van der Waals surface area contributed by atoms with Gasteiger partial charge in [-0.3, -0.25) is 9.59 Å². The molecule has 0 atom stereocenters. The van der Waals surface area contributed by atoms with Crippen LogP contribution in [0.4, 0.5) is 10.1 Å². The number of nitrogens with one attached hydrogen (secondary N) is 1. The SMILES string of the molecule is Cc1ccc(NC(=O)Cn2ccn3nc4c(c3c2=O)CCCCC4)cc1F. The minimum absolute atomic E-state index is 0.134. The van der Waals surface area contributed by atoms with Crippen LogP contribution in [0.3, 0.4) is 0 Å². The van der Waals surface area contributed by atoms with Crippen molar-refractivity contribution in [1.82, 2.24) is 14.2 Å². The Morgan fingerprint density at radius 1 is 1.22 bits per heavy atom. The van der Waals surface area contributed by atoms with Gasteiger partial charge in [-0.1, -0.05) is 12.5 Å². The molecule has 2 aromatic heterocycles. The molecule has 0 radical (unpaired) electrons. The molecule has 0 spiro atoms. The van der Waals surface area contributed by atoms with E-state index < -0.39 is 0 Å². The Balaban J connectivity index is 1.61. The summed E-state index contributed by atoms with van der Waals surface area (Å²) in [6, 6.07) is 4.51. The van der Waals surface area contributed by atoms with Crippen LogP contribution in [0.5, 0.6) is 0 Å². The first-order valence-corrected chi connectivity index (χ1v) is 9.18. The highest BCUT2D eigenvalue weighted by atomic mass is 19.1. The maximum Gasteiger partial charge on any atom is 0.277 e. The number of carbonyl (C=O) groups excluding carboxylic acids is 1. The Kier molecular flexibility index (Phi) is 4.51. The van der Waals surface area contributed by atoms with Crippen LogP contribution in [0.25, 0.3) is 5.52 Å². The number of hydrogen-bond donors (Lipinski definition) is 1. The second-order valence-electron chi connectivity index (χ2n) is 7.02. The van der Waals surface area contributed by atoms with E-state index in [0.29, 0.717) is 16.8 Å². The van der Waals surface area contributed by atoms with Crippen LogP contribution >= 0.6 is 0 Å². The van der Waals surface area contributed by atoms with Gasteiger partial charge in [0.05, 0.1) is 5.69 Å². The summed E-state index contributed by atoms with van der Waals surface area (Å²) < 4.78 is 16.6. The van der Waals surface area contributed by atoms with Crippen LogP contribution in [0, 0.1) is 12.7 Å². The number of nitrogens with zero attached hydrogens (tertiary/aromatic N) is 3. The van der Waals surface area contributed by atoms with Gasteiger partial charge in [0, 0.05) is 23.6 Å². The first kappa shape index (κ1) is 17.5. The van der Waals surface area contributed by atoms with Gasteiger partial charge < -0.3 is 9.88 Å². The van der Waals surface area contributed by atoms with E-state index in [1.165, 1.54) is 10.6 Å². The fourth-order valence-electron chi connectivity index (χ4n) is 3.58. The van der Waals surface area contributed by atoms with E-state index in [0.717, 1.165) is 43.4 Å². The third-order valence-electron chi connectivity index (χ3n) is 5.05. The summed E-state index contributed by atoms with van der Waals surface area (Å²) in [5.41, 5.74) is 3.21. The van der Waals surface area contributed by atoms with Gasteiger partial charge in [-0.25, -0.2) is 8.91 Å². The quantitative estimate of drug-likeness (QED) is 0.723. The lowest BCUT2D eigenvalue weighted by Crippen LogP contribution is -2.28. The molecule has 0 saturated heterocycles. The molecule has 1 amide bonds. The molecule has 3 aromatic rings. The van der Waals surface area contributed by atoms with Gasteiger partial charge in [0.2, 0.25) is 5.91 Å². The van der Waals surface area contributed by atoms with Gasteiger partial charge in [0.1, 0.15) is 17.9 Å². The molecule has 0 fully saturated rings. The maximum atomic E-state index is 13.6. The van der Waals surface area contributed by atoms with E-state index in [1.54, 1.807) is 36.0 Å². The fourth-order valence-corrected chi connectivity index (χ4v) is 3.58. The second kappa shape index (κ2) is 6.98. The highest BCUT2D eigenvalue weighted by Gasteiger charge is 2.19. The molecule has 1 aliphatic rings. The summed E-state index contributed by atoms with van der Waals surface area (Å²) in [7, 11) is 0. The van der Waals surface area contributed by atoms with Gasteiger partial charge in [-0.05, 0) is 50.3 Å². The van der Waals surface area contributed by atoms with Crippen LogP contribution in [-0.4, -0.2) is 20.1 Å². The lowest BCUT2D eigenvalue weighted by Gasteiger charge is -2.09. The number of benzene rings is 1. The molecule has 4 rings (SSSR count). The Morgan fingerprint density at radius 2 is 2.04 bits per heavy atom. The van der Waals surface area contributed by atoms with Gasteiger partial charge in [0.15, 0.2) is 0 Å². The largest absolute Gasteiger partial charge is 0.324 e. The van der Waals surface area contributed by atoms with Crippen molar-refractivity contribution < 1.29 is 9.18 Å². The number of aryl methyl sites for hydroxylation is 3. The lowest BCUT2D eigenvalue weighted by molar-refractivity contribution is -0.116. The number of rotatable bonds is 3. The maximum absolute atomic E-state index is 13.6. The van der Waals surface area contributed by atoms with Gasteiger partial charge in [-0.15, -0.1) is 0 Å². The highest BCUT2D eigenvalue weighted by molar-refractivity contribution is 5.90. The molecule has 1 N–H and O–H groups in total. The third-order valence-corrected chi connectivity index (χ3v) is 5.05. The van der Waals surface area contributed by atoms with Crippen LogP contribution in [-0.2, 0) is 24.2 Å². The number of hydrogen-bond acceptors (Lipinski definition) is 3. The summed E-state index contributed by atoms with van der Waals surface area (Å²) in [4.78, 5) is 25.3. The molecule has 27 heavy (non-hydrogen) atoms. The van der Waals surface area contributed by atoms with Crippen molar-refractivity contribution in [3.05, 3.63) is 63.6 Å². The predicted molar refractivity (Wildman–Crippen MR) is 100 cm³/mol. The molecule has 0 aliphatic heterocycles. The van der Waals surface area contributed by atoms with Crippen LogP contribution < -0.4 is 10.9 Å². The van der Waals surface area contributed by atoms with Crippen LogP contribution in [0.2, 0.25) is 0 Å². The summed E-state index contributed by atoms with van der Waals surface area (Å²) >= 11 is 0. The van der Waals surface area contributed by atoms with Crippen molar-refractivity contribution in [1.29, 1.82) is 0 Å². The molecular weight excluding hydrogens is 347 g/mol. The molecule has 0 bridgehead atoms. The normalized spacial score (nSPS) is 14.0. The predicted octanol–water partition coefficient (Wildman–Crippen LogP) is 2.85. The van der Waals surface area contributed by atoms with E-state index in [1.807, 2.05) is 0 Å². The average Bonchev–Trinajstić information content (AvgIpc) is 2.83. The molecule has 140 valence electrons. The number of halogens is 1. The zero-order chi connectivity index (χ0) is 19.0. The minimum Gasteiger partial charge on any atom is -0.324 e. The topological polar surface area (TPSA) is 68.4 Å². The number of fused-ring (bicyclic) bond motifs is 3. The Hall–Kier alpha value is -2.96. The molecule has 0 saturated carbocycles. The molecular formula is C20H21FN4O2. The fraction of sp³-hybridized carbons (Fsp3) is 0.350. The van der Waals surface area contributed by atoms with Crippen molar-refractivity contribution in [3.8, 4) is 0 Å². The van der Waals surface area contributed by atoms with E-state index in [-0.39, 0.29) is 23.8 Å². The van der Waals surface area contributed by atoms with E-state index in [2.05, 4.69) is 10.4 Å². The molecule has 7 heteroatoms. The highest BCUT2D eigenvalue weighted by Crippen LogP contribution is 2.22. The van der Waals surface area contributed by atoms with Crippen LogP contribution in [0.15, 0.2) is 35.4 Å². The first-order valence-electron chi connectivity index (χ1n) is 9.18. The third kappa shape index (κ3) is 3.37. The van der Waals surface area contributed by atoms with Crippen molar-refractivity contribution in [3.63, 3.8) is 0 Å². The molecule has 6 nitrogen and oxygen atoms in total. The van der Waals surface area contributed by atoms with E-state index >= 15 is 0 Å². The number of anilines is 1. The summed E-state index contributed by atoms with van der Waals surface area (Å²) in [6.07, 6.45) is 8.27. The zero-order valence-corrected chi connectivity index (χ0v) is 15.2. The average molecular weight is 368 g/mol. The Bertz CT molecular complexity index is 1080. The molecule has 1 aromatic carbocycles. The van der Waals surface area contributed by atoms with Crippen molar-refractivity contribution in [2.75, 3.05) is 5.32 Å². The minimum atomic E-state index is -0.381. The number of amides is 1. The van der Waals surface area contributed by atoms with Gasteiger partial charge in [-0.2, -0.15) is 5.10 Å². The summed E-state index contributed by atoms with van der Waals surface area (Å²) in [6.45, 7) is 1.52. The Labute approximate surface area is 155 Å². The number of carbonyl (C=O) groups is 1. The van der Waals surface area contributed by atoms with Gasteiger partial charge >= 0.3 is 0 Å².